The van der Waals surface area contributed by atoms with E-state index in [9.17, 15) is 0 Å². The molecule has 0 aliphatic carbocycles. The van der Waals surface area contributed by atoms with Crippen LogP contribution in [-0.2, 0) is 4.74 Å². The van der Waals surface area contributed by atoms with E-state index in [0.29, 0.717) is 18.2 Å². The SMILES string of the molecule is CC(C)Oc1c(N)nsc1N1CCOC(C)(C)C1. The summed E-state index contributed by atoms with van der Waals surface area (Å²) in [5.74, 6) is 1.20. The first-order valence-corrected chi connectivity index (χ1v) is 6.97. The summed E-state index contributed by atoms with van der Waals surface area (Å²) >= 11 is 1.40. The van der Waals surface area contributed by atoms with Gasteiger partial charge in [0.2, 0.25) is 0 Å². The van der Waals surface area contributed by atoms with Gasteiger partial charge in [0.15, 0.2) is 16.6 Å². The summed E-state index contributed by atoms with van der Waals surface area (Å²) in [5, 5.41) is 1.01. The highest BCUT2D eigenvalue weighted by Gasteiger charge is 2.30. The van der Waals surface area contributed by atoms with Crippen LogP contribution in [0.3, 0.4) is 0 Å². The Morgan fingerprint density at radius 1 is 1.50 bits per heavy atom. The van der Waals surface area contributed by atoms with Crippen molar-refractivity contribution < 1.29 is 9.47 Å². The standard InChI is InChI=1S/C12H21N3O2S/c1-8(2)17-9-10(13)14-18-11(9)15-5-6-16-12(3,4)7-15/h8H,5-7H2,1-4H3,(H2,13,14). The number of nitrogens with two attached hydrogens (primary N) is 1. The van der Waals surface area contributed by atoms with Crippen molar-refractivity contribution in [3.63, 3.8) is 0 Å². The molecular formula is C12H21N3O2S. The predicted octanol–water partition coefficient (Wildman–Crippen LogP) is 2.13. The maximum absolute atomic E-state index is 5.88. The Balaban J connectivity index is 2.22. The molecule has 0 radical (unpaired) electrons. The number of anilines is 2. The molecule has 1 aliphatic heterocycles. The zero-order chi connectivity index (χ0) is 13.3. The molecule has 102 valence electrons. The van der Waals surface area contributed by atoms with Gasteiger partial charge in [-0.3, -0.25) is 0 Å². The molecule has 2 rings (SSSR count). The molecule has 1 saturated heterocycles. The van der Waals surface area contributed by atoms with Crippen LogP contribution in [0.1, 0.15) is 27.7 Å². The topological polar surface area (TPSA) is 60.6 Å². The van der Waals surface area contributed by atoms with Crippen LogP contribution in [0.2, 0.25) is 0 Å². The minimum absolute atomic E-state index is 0.0940. The maximum Gasteiger partial charge on any atom is 0.198 e. The van der Waals surface area contributed by atoms with Crippen molar-refractivity contribution in [3.8, 4) is 5.75 Å². The van der Waals surface area contributed by atoms with E-state index in [-0.39, 0.29) is 11.7 Å². The maximum atomic E-state index is 5.88. The molecule has 0 aromatic carbocycles. The van der Waals surface area contributed by atoms with Crippen LogP contribution in [-0.4, -0.2) is 35.8 Å². The van der Waals surface area contributed by atoms with E-state index < -0.39 is 0 Å². The lowest BCUT2D eigenvalue weighted by atomic mass is 10.1. The normalized spacial score (nSPS) is 19.3. The fourth-order valence-corrected chi connectivity index (χ4v) is 2.80. The Morgan fingerprint density at radius 3 is 2.83 bits per heavy atom. The number of aromatic nitrogens is 1. The molecule has 2 N–H and O–H groups in total. The van der Waals surface area contributed by atoms with E-state index in [1.54, 1.807) is 0 Å². The van der Waals surface area contributed by atoms with E-state index in [4.69, 9.17) is 15.2 Å². The van der Waals surface area contributed by atoms with Crippen LogP contribution in [0.15, 0.2) is 0 Å². The first-order valence-electron chi connectivity index (χ1n) is 6.20. The van der Waals surface area contributed by atoms with Crippen molar-refractivity contribution in [2.75, 3.05) is 30.3 Å². The minimum Gasteiger partial charge on any atom is -0.484 e. The van der Waals surface area contributed by atoms with Crippen LogP contribution in [0, 0.1) is 0 Å². The monoisotopic (exact) mass is 271 g/mol. The lowest BCUT2D eigenvalue weighted by molar-refractivity contribution is -0.0276. The summed E-state index contributed by atoms with van der Waals surface area (Å²) in [6.45, 7) is 10.5. The Labute approximate surface area is 112 Å². The van der Waals surface area contributed by atoms with Crippen molar-refractivity contribution in [2.45, 2.75) is 39.4 Å². The molecular weight excluding hydrogens is 250 g/mol. The quantitative estimate of drug-likeness (QED) is 0.912. The van der Waals surface area contributed by atoms with Crippen LogP contribution >= 0.6 is 11.5 Å². The first kappa shape index (κ1) is 13.4. The van der Waals surface area contributed by atoms with Crippen molar-refractivity contribution in [1.29, 1.82) is 0 Å². The Bertz CT molecular complexity index is 417. The zero-order valence-electron chi connectivity index (χ0n) is 11.4. The summed E-state index contributed by atoms with van der Waals surface area (Å²) in [5.41, 5.74) is 5.73. The number of nitrogen functional groups attached to an aromatic ring is 1. The minimum atomic E-state index is -0.147. The molecule has 0 bridgehead atoms. The number of rotatable bonds is 3. The van der Waals surface area contributed by atoms with E-state index in [2.05, 4.69) is 23.1 Å². The summed E-state index contributed by atoms with van der Waals surface area (Å²) in [4.78, 5) is 2.25. The fourth-order valence-electron chi connectivity index (χ4n) is 2.02. The first-order chi connectivity index (χ1) is 8.39. The molecule has 1 aromatic rings. The molecule has 0 amide bonds. The molecule has 18 heavy (non-hydrogen) atoms. The third kappa shape index (κ3) is 2.87. The smallest absolute Gasteiger partial charge is 0.198 e. The average molecular weight is 271 g/mol. The van der Waals surface area contributed by atoms with Gasteiger partial charge in [-0.15, -0.1) is 0 Å². The molecule has 0 atom stereocenters. The van der Waals surface area contributed by atoms with Gasteiger partial charge >= 0.3 is 0 Å². The Hall–Kier alpha value is -1.01. The molecule has 2 heterocycles. The van der Waals surface area contributed by atoms with Crippen LogP contribution in [0.4, 0.5) is 10.8 Å². The van der Waals surface area contributed by atoms with Gasteiger partial charge < -0.3 is 20.1 Å². The van der Waals surface area contributed by atoms with E-state index in [0.717, 1.165) is 18.1 Å². The number of hydrogen-bond donors (Lipinski definition) is 1. The molecule has 5 nitrogen and oxygen atoms in total. The molecule has 1 aliphatic rings. The van der Waals surface area contributed by atoms with Gasteiger partial charge in [0.1, 0.15) is 0 Å². The average Bonchev–Trinajstić information content (AvgIpc) is 2.58. The van der Waals surface area contributed by atoms with Gasteiger partial charge in [-0.25, -0.2) is 0 Å². The van der Waals surface area contributed by atoms with E-state index >= 15 is 0 Å². The summed E-state index contributed by atoms with van der Waals surface area (Å²) in [7, 11) is 0. The van der Waals surface area contributed by atoms with Gasteiger partial charge in [0, 0.05) is 13.1 Å². The summed E-state index contributed by atoms with van der Waals surface area (Å²) < 4.78 is 15.7. The zero-order valence-corrected chi connectivity index (χ0v) is 12.2. The molecule has 6 heteroatoms. The highest BCUT2D eigenvalue weighted by atomic mass is 32.1. The number of hydrogen-bond acceptors (Lipinski definition) is 6. The third-order valence-corrected chi connectivity index (χ3v) is 3.63. The van der Waals surface area contributed by atoms with Crippen molar-refractivity contribution in [3.05, 3.63) is 0 Å². The summed E-state index contributed by atoms with van der Waals surface area (Å²) in [6.07, 6.45) is 0.0940. The largest absolute Gasteiger partial charge is 0.484 e. The van der Waals surface area contributed by atoms with Gasteiger partial charge in [0.05, 0.1) is 18.3 Å². The molecule has 1 aromatic heterocycles. The molecule has 1 fully saturated rings. The lowest BCUT2D eigenvalue weighted by Gasteiger charge is -2.38. The molecule has 0 spiro atoms. The number of morpholine rings is 1. The second-order valence-electron chi connectivity index (χ2n) is 5.40. The number of ether oxygens (including phenoxy) is 2. The number of nitrogens with zero attached hydrogens (tertiary/aromatic N) is 2. The van der Waals surface area contributed by atoms with Crippen LogP contribution in [0.25, 0.3) is 0 Å². The Kier molecular flexibility index (Phi) is 3.68. The molecule has 0 saturated carbocycles. The van der Waals surface area contributed by atoms with Gasteiger partial charge in [-0.2, -0.15) is 4.37 Å². The van der Waals surface area contributed by atoms with E-state index in [1.807, 2.05) is 13.8 Å². The molecule has 0 unspecified atom stereocenters. The van der Waals surface area contributed by atoms with Gasteiger partial charge in [-0.05, 0) is 39.2 Å². The third-order valence-electron chi connectivity index (χ3n) is 2.72. The van der Waals surface area contributed by atoms with Crippen LogP contribution in [0.5, 0.6) is 5.75 Å². The lowest BCUT2D eigenvalue weighted by Crippen LogP contribution is -2.48. The fraction of sp³-hybridized carbons (Fsp3) is 0.750. The highest BCUT2D eigenvalue weighted by molar-refractivity contribution is 7.11. The van der Waals surface area contributed by atoms with Gasteiger partial charge in [0.25, 0.3) is 0 Å². The predicted molar refractivity (Wildman–Crippen MR) is 74.5 cm³/mol. The van der Waals surface area contributed by atoms with Crippen molar-refractivity contribution in [1.82, 2.24) is 4.37 Å². The second kappa shape index (κ2) is 4.93. The van der Waals surface area contributed by atoms with Crippen molar-refractivity contribution >= 4 is 22.4 Å². The highest BCUT2D eigenvalue weighted by Crippen LogP contribution is 2.40. The Morgan fingerprint density at radius 2 is 2.22 bits per heavy atom. The van der Waals surface area contributed by atoms with E-state index in [1.165, 1.54) is 11.5 Å². The summed E-state index contributed by atoms with van der Waals surface area (Å²) in [6, 6.07) is 0. The second-order valence-corrected chi connectivity index (χ2v) is 6.15. The van der Waals surface area contributed by atoms with Gasteiger partial charge in [-0.1, -0.05) is 0 Å². The van der Waals surface area contributed by atoms with Crippen LogP contribution < -0.4 is 15.4 Å². The van der Waals surface area contributed by atoms with Crippen molar-refractivity contribution in [2.24, 2.45) is 0 Å².